The average Bonchev–Trinajstić information content (AvgIpc) is 3.84. The van der Waals surface area contributed by atoms with Crippen molar-refractivity contribution in [2.24, 2.45) is 0 Å². The first kappa shape index (κ1) is 38.5. The summed E-state index contributed by atoms with van der Waals surface area (Å²) in [7, 11) is -18.8. The summed E-state index contributed by atoms with van der Waals surface area (Å²) in [6, 6.07) is 21.1. The maximum atomic E-state index is 12.2. The largest absolute Gasteiger partial charge is 2.00 e. The van der Waals surface area contributed by atoms with Gasteiger partial charge in [-0.15, -0.1) is 22.1 Å². The minimum atomic E-state index is -4.70. The molecule has 0 unspecified atom stereocenters. The zero-order valence-corrected chi connectivity index (χ0v) is 32.4. The SMILES string of the molecule is O=S(=O)(O)c1ccc2c(c1)-c1cc3[n-]c(cc4nc(cc5[n-]c(cc-2n1)c1ccc(S(=O)(=O)O)cc51)-c1cc(S(=O)(=O)O)ccc1-4)c1cc(S(=O)(=O)O)ccc31.[Co+2]. The summed E-state index contributed by atoms with van der Waals surface area (Å²) in [6.45, 7) is 0. The minimum Gasteiger partial charge on any atom is -0.657 e. The van der Waals surface area contributed by atoms with Crippen LogP contribution in [0.15, 0.2) is 117 Å². The summed E-state index contributed by atoms with van der Waals surface area (Å²) in [4.78, 5) is 17.2. The van der Waals surface area contributed by atoms with E-state index in [-0.39, 0.29) is 83.5 Å². The molecule has 21 heteroatoms. The third-order valence-corrected chi connectivity index (χ3v) is 12.8. The molecule has 1 radical (unpaired) electrons. The maximum Gasteiger partial charge on any atom is 2.00 e. The molecule has 2 aliphatic rings. The summed E-state index contributed by atoms with van der Waals surface area (Å²) >= 11 is 0. The van der Waals surface area contributed by atoms with E-state index in [4.69, 9.17) is 19.9 Å². The van der Waals surface area contributed by atoms with Crippen LogP contribution in [-0.4, -0.2) is 61.9 Å². The second-order valence-corrected chi connectivity index (χ2v) is 18.5. The van der Waals surface area contributed by atoms with Gasteiger partial charge in [0.05, 0.1) is 42.4 Å². The first-order valence-corrected chi connectivity index (χ1v) is 21.7. The smallest absolute Gasteiger partial charge is 0.657 e. The Morgan fingerprint density at radius 2 is 0.632 bits per heavy atom. The minimum absolute atomic E-state index is 0. The molecule has 0 atom stereocenters. The van der Waals surface area contributed by atoms with Gasteiger partial charge in [-0.05, 0) is 94.3 Å². The van der Waals surface area contributed by atoms with E-state index in [1.165, 1.54) is 84.9 Å². The first-order chi connectivity index (χ1) is 26.2. The van der Waals surface area contributed by atoms with Crippen LogP contribution in [0.25, 0.3) is 88.6 Å². The third-order valence-electron chi connectivity index (χ3n) is 9.42. The van der Waals surface area contributed by atoms with Crippen molar-refractivity contribution in [2.45, 2.75) is 19.6 Å². The molecule has 289 valence electrons. The van der Waals surface area contributed by atoms with Crippen LogP contribution in [0.5, 0.6) is 0 Å². The molecule has 3 aromatic heterocycles. The zero-order chi connectivity index (χ0) is 39.7. The van der Waals surface area contributed by atoms with Gasteiger partial charge in [-0.25, -0.2) is 9.97 Å². The molecule has 4 N–H and O–H groups in total. The van der Waals surface area contributed by atoms with E-state index in [0.717, 1.165) is 6.07 Å². The van der Waals surface area contributed by atoms with Crippen molar-refractivity contribution in [3.63, 3.8) is 0 Å². The van der Waals surface area contributed by atoms with E-state index in [1.54, 1.807) is 6.07 Å². The summed E-state index contributed by atoms with van der Waals surface area (Å²) in [5.41, 5.74) is 2.76. The van der Waals surface area contributed by atoms with E-state index >= 15 is 0 Å². The van der Waals surface area contributed by atoms with Gasteiger partial charge in [0, 0.05) is 22.3 Å². The Kier molecular flexibility index (Phi) is 8.68. The van der Waals surface area contributed by atoms with E-state index in [1.807, 2.05) is 0 Å². The van der Waals surface area contributed by atoms with Gasteiger partial charge >= 0.3 is 16.8 Å². The van der Waals surface area contributed by atoms with Crippen molar-refractivity contribution in [1.29, 1.82) is 0 Å². The summed E-state index contributed by atoms with van der Waals surface area (Å²) in [5.74, 6) is 0. The van der Waals surface area contributed by atoms with Crippen molar-refractivity contribution in [3.8, 4) is 45.0 Å². The monoisotopic (exact) mass is 887 g/mol. The van der Waals surface area contributed by atoms with Crippen molar-refractivity contribution >= 4 is 84.1 Å². The van der Waals surface area contributed by atoms with Gasteiger partial charge in [-0.1, -0.05) is 24.3 Å². The van der Waals surface area contributed by atoms with Gasteiger partial charge in [0.2, 0.25) is 0 Å². The molecule has 0 saturated carbocycles. The van der Waals surface area contributed by atoms with Crippen LogP contribution in [0.2, 0.25) is 0 Å². The first-order valence-electron chi connectivity index (χ1n) is 15.9. The van der Waals surface area contributed by atoms with Gasteiger partial charge in [0.15, 0.2) is 0 Å². The van der Waals surface area contributed by atoms with Gasteiger partial charge < -0.3 is 9.97 Å². The molecule has 0 saturated heterocycles. The fourth-order valence-corrected chi connectivity index (χ4v) is 8.90. The van der Waals surface area contributed by atoms with Crippen molar-refractivity contribution in [2.75, 3.05) is 0 Å². The van der Waals surface area contributed by atoms with Crippen LogP contribution in [0.1, 0.15) is 0 Å². The molecule has 2 aliphatic heterocycles. The molecule has 7 aromatic rings. The zero-order valence-electron chi connectivity index (χ0n) is 28.0. The van der Waals surface area contributed by atoms with Crippen LogP contribution in [0, 0.1) is 0 Å². The summed E-state index contributed by atoms with van der Waals surface area (Å²) in [6.07, 6.45) is 0. The summed E-state index contributed by atoms with van der Waals surface area (Å²) in [5, 5.41) is 1.25. The molecule has 57 heavy (non-hydrogen) atoms. The maximum absolute atomic E-state index is 12.2. The van der Waals surface area contributed by atoms with E-state index < -0.39 is 60.1 Å². The topological polar surface area (TPSA) is 271 Å². The molecule has 8 bridgehead atoms. The van der Waals surface area contributed by atoms with Gasteiger partial charge in [0.1, 0.15) is 0 Å². The second-order valence-electron chi connectivity index (χ2n) is 12.8. The molecular formula is C36H20CoN4O12S4. The van der Waals surface area contributed by atoms with Gasteiger partial charge in [0.25, 0.3) is 40.5 Å². The van der Waals surface area contributed by atoms with Gasteiger partial charge in [-0.3, -0.25) is 18.2 Å². The van der Waals surface area contributed by atoms with E-state index in [0.29, 0.717) is 21.9 Å². The Bertz CT molecular complexity index is 3610. The van der Waals surface area contributed by atoms with Crippen LogP contribution in [0.4, 0.5) is 0 Å². The molecule has 4 aromatic carbocycles. The molecule has 16 nitrogen and oxygen atoms in total. The molecular weight excluding hydrogens is 868 g/mol. The fraction of sp³-hybridized carbons (Fsp3) is 0. The molecule has 5 heterocycles. The number of nitrogens with zero attached hydrogens (tertiary/aromatic N) is 4. The second kappa shape index (κ2) is 12.8. The molecule has 0 amide bonds. The number of hydrogen-bond donors (Lipinski definition) is 4. The predicted octanol–water partition coefficient (Wildman–Crippen LogP) is 5.53. The van der Waals surface area contributed by atoms with E-state index in [2.05, 4.69) is 0 Å². The number of benzene rings is 4. The molecule has 0 spiro atoms. The van der Waals surface area contributed by atoms with Crippen molar-refractivity contribution < 1.29 is 68.7 Å². The van der Waals surface area contributed by atoms with Crippen molar-refractivity contribution in [3.05, 3.63) is 97.1 Å². The number of fused-ring (bicyclic) bond motifs is 20. The van der Waals surface area contributed by atoms with Crippen molar-refractivity contribution in [1.82, 2.24) is 19.9 Å². The number of rotatable bonds is 4. The Balaban J connectivity index is 0.00000455. The predicted molar refractivity (Wildman–Crippen MR) is 202 cm³/mol. The van der Waals surface area contributed by atoms with Crippen LogP contribution in [0.3, 0.4) is 0 Å². The van der Waals surface area contributed by atoms with E-state index in [9.17, 15) is 51.9 Å². The summed E-state index contributed by atoms with van der Waals surface area (Å²) < 4.78 is 137. The quantitative estimate of drug-likeness (QED) is 0.158. The molecule has 0 aliphatic carbocycles. The average molecular weight is 888 g/mol. The molecule has 0 fully saturated rings. The van der Waals surface area contributed by atoms with Crippen LogP contribution >= 0.6 is 0 Å². The Labute approximate surface area is 332 Å². The fourth-order valence-electron chi connectivity index (χ4n) is 6.88. The van der Waals surface area contributed by atoms with Crippen LogP contribution < -0.4 is 9.97 Å². The van der Waals surface area contributed by atoms with Gasteiger partial charge in [-0.2, -0.15) is 33.7 Å². The Morgan fingerprint density at radius 3 is 0.965 bits per heavy atom. The third kappa shape index (κ3) is 6.62. The Hall–Kier alpha value is -5.33. The Morgan fingerprint density at radius 1 is 0.351 bits per heavy atom. The number of aromatic nitrogens is 4. The standard InChI is InChI=1S/C36H20N4O12S4.Co/c41-53(42,43)17-1-5-21-25(9-17)33-14-31-23-7-3-18(54(44,45)46)10-26(23)34(39-31)15-32-24-8-4-20(56(50,51)52)12-28(24)36(40-32)16-35-27-11-19(55(47,48)49)2-6-22(27)30(38-35)13-29(21)37-33;/h1-16H,(H,41,42,43)(H,44,45,46)(H,47,48,49)(H,50,51,52);/q-2;+2. The molecule has 9 rings (SSSR count). The number of hydrogen-bond acceptors (Lipinski definition) is 10. The normalized spacial score (nSPS) is 13.0. The van der Waals surface area contributed by atoms with Crippen LogP contribution in [-0.2, 0) is 57.3 Å².